The van der Waals surface area contributed by atoms with E-state index in [1.54, 1.807) is 6.20 Å². The zero-order chi connectivity index (χ0) is 13.3. The molecule has 98 valence electrons. The van der Waals surface area contributed by atoms with Gasteiger partial charge in [-0.1, -0.05) is 18.2 Å². The minimum Gasteiger partial charge on any atom is -0.293 e. The van der Waals surface area contributed by atoms with Crippen molar-refractivity contribution in [2.24, 2.45) is 0 Å². The fourth-order valence-electron chi connectivity index (χ4n) is 1.79. The van der Waals surface area contributed by atoms with Gasteiger partial charge in [-0.2, -0.15) is 0 Å². The zero-order valence-electron chi connectivity index (χ0n) is 10.8. The summed E-state index contributed by atoms with van der Waals surface area (Å²) in [5.74, 6) is 0.267. The van der Waals surface area contributed by atoms with Crippen molar-refractivity contribution in [1.29, 1.82) is 0 Å². The molecule has 0 N–H and O–H groups in total. The topological polar surface area (TPSA) is 30.0 Å². The van der Waals surface area contributed by atoms with Gasteiger partial charge in [-0.3, -0.25) is 9.78 Å². The molecule has 0 aromatic carbocycles. The molecule has 0 amide bonds. The van der Waals surface area contributed by atoms with E-state index in [-0.39, 0.29) is 5.78 Å². The lowest BCUT2D eigenvalue weighted by molar-refractivity contribution is 0.0983. The summed E-state index contributed by atoms with van der Waals surface area (Å²) in [7, 11) is 0. The molecule has 0 aliphatic heterocycles. The number of ketones is 1. The average Bonchev–Trinajstić information content (AvgIpc) is 2.98. The van der Waals surface area contributed by atoms with Gasteiger partial charge in [0, 0.05) is 12.6 Å². The third kappa shape index (κ3) is 4.79. The van der Waals surface area contributed by atoms with Gasteiger partial charge in [-0.15, -0.1) is 11.3 Å². The molecule has 0 aliphatic rings. The Labute approximate surface area is 117 Å². The summed E-state index contributed by atoms with van der Waals surface area (Å²) >= 11 is 1.52. The summed E-state index contributed by atoms with van der Waals surface area (Å²) in [5, 5.41) is 1.95. The van der Waals surface area contributed by atoms with E-state index < -0.39 is 0 Å². The number of hydrogen-bond donors (Lipinski definition) is 0. The Morgan fingerprint density at radius 3 is 2.89 bits per heavy atom. The van der Waals surface area contributed by atoms with E-state index in [2.05, 4.69) is 11.1 Å². The second-order valence-electron chi connectivity index (χ2n) is 4.30. The highest BCUT2D eigenvalue weighted by molar-refractivity contribution is 7.12. The number of pyridine rings is 1. The summed E-state index contributed by atoms with van der Waals surface area (Å²) in [5.41, 5.74) is 0.983. The first kappa shape index (κ1) is 13.7. The lowest BCUT2D eigenvalue weighted by Gasteiger charge is -1.97. The first-order valence-corrected chi connectivity index (χ1v) is 7.38. The molecular weight excluding hydrogens is 254 g/mol. The molecule has 0 aliphatic carbocycles. The van der Waals surface area contributed by atoms with Crippen LogP contribution in [0.4, 0.5) is 0 Å². The van der Waals surface area contributed by atoms with Crippen LogP contribution in [0.15, 0.2) is 48.0 Å². The second-order valence-corrected chi connectivity index (χ2v) is 5.25. The Balaban J connectivity index is 1.62. The van der Waals surface area contributed by atoms with Crippen molar-refractivity contribution in [3.63, 3.8) is 0 Å². The van der Waals surface area contributed by atoms with E-state index in [9.17, 15) is 4.79 Å². The van der Waals surface area contributed by atoms with Crippen LogP contribution in [-0.2, 0) is 0 Å². The molecule has 19 heavy (non-hydrogen) atoms. The van der Waals surface area contributed by atoms with Crippen molar-refractivity contribution in [2.75, 3.05) is 0 Å². The molecule has 0 radical (unpaired) electrons. The molecule has 2 rings (SSSR count). The summed E-state index contributed by atoms with van der Waals surface area (Å²) in [6.45, 7) is 0. The standard InChI is InChI=1S/C16H17NOS/c18-15(16-11-7-13-19-16)10-4-2-1-3-8-14-9-5-6-12-17-14/h3,5-9,11-13H,1-2,4,10H2/b8-3-. The van der Waals surface area contributed by atoms with Crippen LogP contribution < -0.4 is 0 Å². The molecule has 0 fully saturated rings. The van der Waals surface area contributed by atoms with E-state index in [1.165, 1.54) is 11.3 Å². The molecule has 0 bridgehead atoms. The quantitative estimate of drug-likeness (QED) is 0.544. The molecule has 0 saturated heterocycles. The van der Waals surface area contributed by atoms with Crippen molar-refractivity contribution in [1.82, 2.24) is 4.98 Å². The molecule has 0 spiro atoms. The third-order valence-corrected chi connectivity index (χ3v) is 3.71. The molecule has 2 aromatic rings. The van der Waals surface area contributed by atoms with Crippen molar-refractivity contribution in [3.8, 4) is 0 Å². The number of carbonyl (C=O) groups excluding carboxylic acids is 1. The normalized spacial score (nSPS) is 10.9. The van der Waals surface area contributed by atoms with Gasteiger partial charge >= 0.3 is 0 Å². The number of nitrogens with zero attached hydrogens (tertiary/aromatic N) is 1. The SMILES string of the molecule is O=C(CCCC/C=C\c1ccccn1)c1cccs1. The summed E-state index contributed by atoms with van der Waals surface area (Å²) in [4.78, 5) is 16.8. The smallest absolute Gasteiger partial charge is 0.172 e. The van der Waals surface area contributed by atoms with Gasteiger partial charge < -0.3 is 0 Å². The predicted molar refractivity (Wildman–Crippen MR) is 80.4 cm³/mol. The van der Waals surface area contributed by atoms with Gasteiger partial charge in [-0.05, 0) is 48.9 Å². The van der Waals surface area contributed by atoms with Gasteiger partial charge in [0.15, 0.2) is 5.78 Å². The minimum atomic E-state index is 0.267. The van der Waals surface area contributed by atoms with Gasteiger partial charge in [0.05, 0.1) is 10.6 Å². The van der Waals surface area contributed by atoms with E-state index in [1.807, 2.05) is 41.8 Å². The van der Waals surface area contributed by atoms with Crippen LogP contribution in [0.3, 0.4) is 0 Å². The van der Waals surface area contributed by atoms with E-state index >= 15 is 0 Å². The van der Waals surface area contributed by atoms with Crippen molar-refractivity contribution >= 4 is 23.2 Å². The summed E-state index contributed by atoms with van der Waals surface area (Å²) in [6.07, 6.45) is 9.58. The molecule has 3 heteroatoms. The largest absolute Gasteiger partial charge is 0.293 e. The lowest BCUT2D eigenvalue weighted by atomic mass is 10.1. The highest BCUT2D eigenvalue weighted by Crippen LogP contribution is 2.13. The number of allylic oxidation sites excluding steroid dienone is 1. The van der Waals surface area contributed by atoms with Crippen LogP contribution in [0.2, 0.25) is 0 Å². The molecule has 2 heterocycles. The van der Waals surface area contributed by atoms with Gasteiger partial charge in [0.25, 0.3) is 0 Å². The molecular formula is C16H17NOS. The van der Waals surface area contributed by atoms with E-state index in [0.29, 0.717) is 6.42 Å². The Hall–Kier alpha value is -1.74. The number of unbranched alkanes of at least 4 members (excludes halogenated alkanes) is 2. The molecule has 2 aromatic heterocycles. The predicted octanol–water partition coefficient (Wildman–Crippen LogP) is 4.60. The average molecular weight is 271 g/mol. The Kier molecular flexibility index (Phi) is 5.50. The fraction of sp³-hybridized carbons (Fsp3) is 0.250. The number of carbonyl (C=O) groups is 1. The second kappa shape index (κ2) is 7.64. The van der Waals surface area contributed by atoms with Crippen molar-refractivity contribution < 1.29 is 4.79 Å². The van der Waals surface area contributed by atoms with Gasteiger partial charge in [0.2, 0.25) is 0 Å². The van der Waals surface area contributed by atoms with Crippen LogP contribution in [0.1, 0.15) is 41.0 Å². The molecule has 0 unspecified atom stereocenters. The first-order valence-electron chi connectivity index (χ1n) is 6.50. The maximum Gasteiger partial charge on any atom is 0.172 e. The number of rotatable bonds is 7. The molecule has 2 nitrogen and oxygen atoms in total. The van der Waals surface area contributed by atoms with Crippen LogP contribution in [-0.4, -0.2) is 10.8 Å². The van der Waals surface area contributed by atoms with Crippen LogP contribution in [0, 0.1) is 0 Å². The number of thiophene rings is 1. The Morgan fingerprint density at radius 2 is 2.16 bits per heavy atom. The Morgan fingerprint density at radius 1 is 1.21 bits per heavy atom. The maximum atomic E-state index is 11.7. The molecule has 0 atom stereocenters. The molecule has 0 saturated carbocycles. The third-order valence-electron chi connectivity index (χ3n) is 2.80. The number of hydrogen-bond acceptors (Lipinski definition) is 3. The Bertz CT molecular complexity index is 517. The van der Waals surface area contributed by atoms with Crippen LogP contribution in [0.5, 0.6) is 0 Å². The van der Waals surface area contributed by atoms with Gasteiger partial charge in [-0.25, -0.2) is 0 Å². The van der Waals surface area contributed by atoms with Crippen LogP contribution >= 0.6 is 11.3 Å². The van der Waals surface area contributed by atoms with E-state index in [4.69, 9.17) is 0 Å². The minimum absolute atomic E-state index is 0.267. The first-order chi connectivity index (χ1) is 9.36. The van der Waals surface area contributed by atoms with Crippen molar-refractivity contribution in [3.05, 3.63) is 58.6 Å². The summed E-state index contributed by atoms with van der Waals surface area (Å²) in [6, 6.07) is 9.69. The van der Waals surface area contributed by atoms with Crippen molar-refractivity contribution in [2.45, 2.75) is 25.7 Å². The fourth-order valence-corrected chi connectivity index (χ4v) is 2.48. The highest BCUT2D eigenvalue weighted by Gasteiger charge is 2.05. The highest BCUT2D eigenvalue weighted by atomic mass is 32.1. The summed E-state index contributed by atoms with van der Waals surface area (Å²) < 4.78 is 0. The number of Topliss-reactive ketones (excluding diaryl/α,β-unsaturated/α-hetero) is 1. The monoisotopic (exact) mass is 271 g/mol. The maximum absolute atomic E-state index is 11.7. The van der Waals surface area contributed by atoms with Crippen LogP contribution in [0.25, 0.3) is 6.08 Å². The number of aromatic nitrogens is 1. The van der Waals surface area contributed by atoms with Gasteiger partial charge in [0.1, 0.15) is 0 Å². The van der Waals surface area contributed by atoms with E-state index in [0.717, 1.165) is 29.8 Å². The zero-order valence-corrected chi connectivity index (χ0v) is 11.6. The lowest BCUT2D eigenvalue weighted by Crippen LogP contribution is -1.94.